The Balaban J connectivity index is 2.32. The Morgan fingerprint density at radius 2 is 2.07 bits per heavy atom. The van der Waals surface area contributed by atoms with Gasteiger partial charge >= 0.3 is 0 Å². The minimum absolute atomic E-state index is 0.219. The van der Waals surface area contributed by atoms with Crippen LogP contribution < -0.4 is 5.32 Å². The number of rotatable bonds is 5. The summed E-state index contributed by atoms with van der Waals surface area (Å²) in [5.41, 5.74) is 0.975. The van der Waals surface area contributed by atoms with Gasteiger partial charge in [-0.25, -0.2) is 4.39 Å². The van der Waals surface area contributed by atoms with Crippen LogP contribution in [0.2, 0.25) is 0 Å². The van der Waals surface area contributed by atoms with Crippen molar-refractivity contribution in [2.45, 2.75) is 0 Å². The van der Waals surface area contributed by atoms with E-state index in [4.69, 9.17) is 11.6 Å². The van der Waals surface area contributed by atoms with E-state index in [0.29, 0.717) is 18.1 Å². The Hall–Kier alpha value is -1.12. The van der Waals surface area contributed by atoms with Gasteiger partial charge in [-0.15, -0.1) is 0 Å². The van der Waals surface area contributed by atoms with Crippen LogP contribution in [0.15, 0.2) is 42.0 Å². The number of nitrogens with one attached hydrogen (secondary N) is 1. The molecule has 0 atom stereocenters. The van der Waals surface area contributed by atoms with Crippen molar-refractivity contribution in [2.75, 3.05) is 13.1 Å². The second-order valence-electron chi connectivity index (χ2n) is 3.10. The minimum Gasteiger partial charge on any atom is -0.308 e. The molecule has 0 spiro atoms. The van der Waals surface area contributed by atoms with Crippen LogP contribution in [0.3, 0.4) is 0 Å². The van der Waals surface area contributed by atoms with Crippen molar-refractivity contribution in [1.82, 2.24) is 5.32 Å². The molecule has 0 aliphatic carbocycles. The zero-order chi connectivity index (χ0) is 11.1. The van der Waals surface area contributed by atoms with Crippen LogP contribution in [-0.4, -0.2) is 13.1 Å². The summed E-state index contributed by atoms with van der Waals surface area (Å²) in [6, 6.07) is 6.33. The number of hydrogen-bond donors (Lipinski definition) is 1. The second kappa shape index (κ2) is 6.38. The van der Waals surface area contributed by atoms with Crippen LogP contribution in [0.4, 0.5) is 4.39 Å². The van der Waals surface area contributed by atoms with E-state index in [0.717, 1.165) is 5.56 Å². The first-order valence-electron chi connectivity index (χ1n) is 4.64. The largest absolute Gasteiger partial charge is 0.308 e. The standard InChI is InChI=1S/C12H13ClFN/c1-10(13)9-15-8-2-3-11-4-6-12(14)7-5-11/h2-7,15H,1,8-9H2/b3-2+. The van der Waals surface area contributed by atoms with Gasteiger partial charge in [-0.05, 0) is 17.7 Å². The van der Waals surface area contributed by atoms with Gasteiger partial charge in [-0.1, -0.05) is 42.5 Å². The smallest absolute Gasteiger partial charge is 0.123 e. The SMILES string of the molecule is C=C(Cl)CNC/C=C/c1ccc(F)cc1. The molecule has 0 aliphatic rings. The summed E-state index contributed by atoms with van der Waals surface area (Å²) in [5.74, 6) is -0.219. The Kier molecular flexibility index (Phi) is 5.08. The fourth-order valence-corrected chi connectivity index (χ4v) is 1.15. The van der Waals surface area contributed by atoms with Crippen molar-refractivity contribution in [1.29, 1.82) is 0 Å². The number of benzene rings is 1. The van der Waals surface area contributed by atoms with Crippen LogP contribution in [-0.2, 0) is 0 Å². The third-order valence-electron chi connectivity index (χ3n) is 1.76. The van der Waals surface area contributed by atoms with Crippen molar-refractivity contribution in [2.24, 2.45) is 0 Å². The highest BCUT2D eigenvalue weighted by molar-refractivity contribution is 6.29. The molecule has 80 valence electrons. The van der Waals surface area contributed by atoms with Crippen LogP contribution in [0.5, 0.6) is 0 Å². The molecule has 0 amide bonds. The predicted octanol–water partition coefficient (Wildman–Crippen LogP) is 3.18. The van der Waals surface area contributed by atoms with E-state index in [1.54, 1.807) is 12.1 Å². The topological polar surface area (TPSA) is 12.0 Å². The molecule has 0 aliphatic heterocycles. The summed E-state index contributed by atoms with van der Waals surface area (Å²) in [4.78, 5) is 0. The lowest BCUT2D eigenvalue weighted by molar-refractivity contribution is 0.628. The quantitative estimate of drug-likeness (QED) is 0.759. The van der Waals surface area contributed by atoms with E-state index >= 15 is 0 Å². The van der Waals surface area contributed by atoms with Crippen molar-refractivity contribution >= 4 is 17.7 Å². The third-order valence-corrected chi connectivity index (χ3v) is 1.89. The highest BCUT2D eigenvalue weighted by Crippen LogP contribution is 2.04. The fourth-order valence-electron chi connectivity index (χ4n) is 1.06. The molecule has 0 aromatic heterocycles. The van der Waals surface area contributed by atoms with E-state index < -0.39 is 0 Å². The first-order valence-corrected chi connectivity index (χ1v) is 5.02. The summed E-state index contributed by atoms with van der Waals surface area (Å²) in [6.45, 7) is 4.86. The highest BCUT2D eigenvalue weighted by Gasteiger charge is 1.88. The van der Waals surface area contributed by atoms with Crippen molar-refractivity contribution < 1.29 is 4.39 Å². The molecule has 0 radical (unpaired) electrons. The molecule has 0 saturated heterocycles. The molecular formula is C12H13ClFN. The summed E-state index contributed by atoms with van der Waals surface area (Å²) >= 11 is 5.57. The number of halogens is 2. The molecule has 1 aromatic rings. The monoisotopic (exact) mass is 225 g/mol. The fraction of sp³-hybridized carbons (Fsp3) is 0.167. The molecule has 15 heavy (non-hydrogen) atoms. The van der Waals surface area contributed by atoms with Gasteiger partial charge in [0.25, 0.3) is 0 Å². The predicted molar refractivity (Wildman–Crippen MR) is 63.3 cm³/mol. The zero-order valence-electron chi connectivity index (χ0n) is 8.34. The Morgan fingerprint density at radius 1 is 1.40 bits per heavy atom. The van der Waals surface area contributed by atoms with Crippen molar-refractivity contribution in [3.63, 3.8) is 0 Å². The van der Waals surface area contributed by atoms with Crippen LogP contribution in [0, 0.1) is 5.82 Å². The zero-order valence-corrected chi connectivity index (χ0v) is 9.10. The van der Waals surface area contributed by atoms with Gasteiger partial charge in [-0.2, -0.15) is 0 Å². The Bertz CT molecular complexity index is 343. The van der Waals surface area contributed by atoms with Gasteiger partial charge in [0.1, 0.15) is 5.82 Å². The molecule has 1 aromatic carbocycles. The van der Waals surface area contributed by atoms with Gasteiger partial charge in [0, 0.05) is 18.1 Å². The Labute approximate surface area is 94.3 Å². The summed E-state index contributed by atoms with van der Waals surface area (Å²) < 4.78 is 12.6. The lowest BCUT2D eigenvalue weighted by Crippen LogP contribution is -2.14. The molecule has 1 nitrogen and oxygen atoms in total. The van der Waals surface area contributed by atoms with Crippen molar-refractivity contribution in [3.05, 3.63) is 53.3 Å². The highest BCUT2D eigenvalue weighted by atomic mass is 35.5. The van der Waals surface area contributed by atoms with E-state index in [2.05, 4.69) is 11.9 Å². The van der Waals surface area contributed by atoms with Gasteiger partial charge in [0.15, 0.2) is 0 Å². The van der Waals surface area contributed by atoms with Gasteiger partial charge in [0.05, 0.1) is 0 Å². The molecule has 3 heteroatoms. The van der Waals surface area contributed by atoms with E-state index in [9.17, 15) is 4.39 Å². The average Bonchev–Trinajstić information content (AvgIpc) is 2.20. The average molecular weight is 226 g/mol. The van der Waals surface area contributed by atoms with E-state index in [-0.39, 0.29) is 5.82 Å². The normalized spacial score (nSPS) is 10.8. The lowest BCUT2D eigenvalue weighted by Gasteiger charge is -1.97. The van der Waals surface area contributed by atoms with Crippen LogP contribution >= 0.6 is 11.6 Å². The Morgan fingerprint density at radius 3 is 2.67 bits per heavy atom. The third kappa shape index (κ3) is 5.35. The summed E-state index contributed by atoms with van der Waals surface area (Å²) in [6.07, 6.45) is 3.87. The van der Waals surface area contributed by atoms with Crippen LogP contribution in [0.25, 0.3) is 6.08 Å². The maximum atomic E-state index is 12.6. The summed E-state index contributed by atoms with van der Waals surface area (Å²) in [7, 11) is 0. The van der Waals surface area contributed by atoms with Gasteiger partial charge in [-0.3, -0.25) is 0 Å². The van der Waals surface area contributed by atoms with E-state index in [1.165, 1.54) is 12.1 Å². The van der Waals surface area contributed by atoms with Crippen molar-refractivity contribution in [3.8, 4) is 0 Å². The molecule has 0 saturated carbocycles. The maximum absolute atomic E-state index is 12.6. The first kappa shape index (κ1) is 12.0. The maximum Gasteiger partial charge on any atom is 0.123 e. The lowest BCUT2D eigenvalue weighted by atomic mass is 10.2. The van der Waals surface area contributed by atoms with Crippen LogP contribution in [0.1, 0.15) is 5.56 Å². The molecule has 0 bridgehead atoms. The second-order valence-corrected chi connectivity index (χ2v) is 3.64. The molecular weight excluding hydrogens is 213 g/mol. The van der Waals surface area contributed by atoms with E-state index in [1.807, 2.05) is 12.2 Å². The van der Waals surface area contributed by atoms with Gasteiger partial charge in [0.2, 0.25) is 0 Å². The first-order chi connectivity index (χ1) is 7.18. The summed E-state index contributed by atoms with van der Waals surface area (Å²) in [5, 5.41) is 3.66. The molecule has 1 rings (SSSR count). The molecule has 0 heterocycles. The molecule has 1 N–H and O–H groups in total. The molecule has 0 unspecified atom stereocenters. The van der Waals surface area contributed by atoms with Gasteiger partial charge < -0.3 is 5.32 Å². The minimum atomic E-state index is -0.219. The molecule has 0 fully saturated rings. The number of hydrogen-bond acceptors (Lipinski definition) is 1.